The minimum atomic E-state index is -0.727. The van der Waals surface area contributed by atoms with Crippen LogP contribution in [0, 0.1) is 17.8 Å². The van der Waals surface area contributed by atoms with Gasteiger partial charge in [0.1, 0.15) is 6.04 Å². The number of amides is 3. The van der Waals surface area contributed by atoms with Gasteiger partial charge < -0.3 is 4.90 Å². The molecule has 3 aliphatic carbocycles. The topological polar surface area (TPSA) is 57.7 Å². The first kappa shape index (κ1) is 21.6. The fraction of sp³-hybridized carbons (Fsp3) is 0.483. The Morgan fingerprint density at radius 3 is 1.53 bits per heavy atom. The van der Waals surface area contributed by atoms with E-state index in [-0.39, 0.29) is 35.5 Å². The summed E-state index contributed by atoms with van der Waals surface area (Å²) in [7, 11) is 0. The van der Waals surface area contributed by atoms with E-state index in [1.807, 2.05) is 43.0 Å². The SMILES string of the molecule is CC(C)[C@@H](C(=O)N1CCCCCC1)N1C(=O)[C@@H]2C3c4ccccc4C(c4ccccc43)[C@@H]2C1=O. The van der Waals surface area contributed by atoms with Gasteiger partial charge in [0, 0.05) is 24.9 Å². The molecule has 0 aromatic heterocycles. The molecule has 5 aliphatic rings. The lowest BCUT2D eigenvalue weighted by Gasteiger charge is -2.45. The molecule has 2 aromatic rings. The number of benzene rings is 2. The predicted molar refractivity (Wildman–Crippen MR) is 129 cm³/mol. The summed E-state index contributed by atoms with van der Waals surface area (Å²) in [6, 6.07) is 15.8. The molecule has 0 N–H and O–H groups in total. The first-order valence-electron chi connectivity index (χ1n) is 12.8. The van der Waals surface area contributed by atoms with Gasteiger partial charge in [-0.3, -0.25) is 19.3 Å². The molecular weight excluding hydrogens is 424 g/mol. The largest absolute Gasteiger partial charge is 0.341 e. The molecule has 0 radical (unpaired) electrons. The summed E-state index contributed by atoms with van der Waals surface area (Å²) in [5, 5.41) is 0. The summed E-state index contributed by atoms with van der Waals surface area (Å²) < 4.78 is 0. The fourth-order valence-corrected chi connectivity index (χ4v) is 7.15. The van der Waals surface area contributed by atoms with Crippen LogP contribution in [0.4, 0.5) is 0 Å². The highest BCUT2D eigenvalue weighted by Gasteiger charge is 2.63. The molecule has 2 aliphatic heterocycles. The lowest BCUT2D eigenvalue weighted by Crippen LogP contribution is -2.54. The fourth-order valence-electron chi connectivity index (χ4n) is 7.15. The molecule has 2 saturated heterocycles. The Kier molecular flexibility index (Phi) is 5.12. The molecule has 5 nitrogen and oxygen atoms in total. The van der Waals surface area contributed by atoms with E-state index < -0.39 is 17.9 Å². The highest BCUT2D eigenvalue weighted by atomic mass is 16.2. The van der Waals surface area contributed by atoms with Crippen LogP contribution >= 0.6 is 0 Å². The van der Waals surface area contributed by atoms with Crippen molar-refractivity contribution in [3.05, 3.63) is 70.8 Å². The van der Waals surface area contributed by atoms with Crippen LogP contribution in [-0.2, 0) is 14.4 Å². The van der Waals surface area contributed by atoms with E-state index in [0.29, 0.717) is 13.1 Å². The van der Waals surface area contributed by atoms with Crippen molar-refractivity contribution in [1.29, 1.82) is 0 Å². The lowest BCUT2D eigenvalue weighted by molar-refractivity contribution is -0.153. The van der Waals surface area contributed by atoms with Gasteiger partial charge in [0.05, 0.1) is 11.8 Å². The van der Waals surface area contributed by atoms with E-state index in [1.54, 1.807) is 0 Å². The second kappa shape index (κ2) is 8.07. The van der Waals surface area contributed by atoms with E-state index in [9.17, 15) is 14.4 Å². The molecule has 7 rings (SSSR count). The molecule has 0 unspecified atom stereocenters. The van der Waals surface area contributed by atoms with Gasteiger partial charge in [-0.05, 0) is 41.0 Å². The molecule has 0 saturated carbocycles. The molecule has 2 bridgehead atoms. The van der Waals surface area contributed by atoms with Crippen LogP contribution in [0.15, 0.2) is 48.5 Å². The van der Waals surface area contributed by atoms with Crippen LogP contribution < -0.4 is 0 Å². The number of rotatable bonds is 3. The zero-order valence-corrected chi connectivity index (χ0v) is 19.9. The van der Waals surface area contributed by atoms with E-state index >= 15 is 0 Å². The number of carbonyl (C=O) groups is 3. The Morgan fingerprint density at radius 2 is 1.15 bits per heavy atom. The molecule has 0 spiro atoms. The van der Waals surface area contributed by atoms with Gasteiger partial charge in [0.15, 0.2) is 0 Å². The maximum atomic E-state index is 14.1. The van der Waals surface area contributed by atoms with Gasteiger partial charge in [-0.2, -0.15) is 0 Å². The number of likely N-dealkylation sites (tertiary alicyclic amines) is 2. The summed E-state index contributed by atoms with van der Waals surface area (Å²) in [5.41, 5.74) is 4.65. The van der Waals surface area contributed by atoms with Gasteiger partial charge in [-0.1, -0.05) is 75.2 Å². The predicted octanol–water partition coefficient (Wildman–Crippen LogP) is 4.31. The van der Waals surface area contributed by atoms with E-state index in [1.165, 1.54) is 4.90 Å². The smallest absolute Gasteiger partial charge is 0.246 e. The second-order valence-electron chi connectivity index (χ2n) is 10.7. The summed E-state index contributed by atoms with van der Waals surface area (Å²) in [4.78, 5) is 45.3. The normalized spacial score (nSPS) is 28.4. The van der Waals surface area contributed by atoms with Crippen molar-refractivity contribution in [1.82, 2.24) is 9.80 Å². The van der Waals surface area contributed by atoms with E-state index in [4.69, 9.17) is 0 Å². The Hall–Kier alpha value is -2.95. The Morgan fingerprint density at radius 1 is 0.735 bits per heavy atom. The van der Waals surface area contributed by atoms with Gasteiger partial charge in [-0.25, -0.2) is 0 Å². The Bertz CT molecular complexity index is 1050. The molecular formula is C29H32N2O3. The molecule has 34 heavy (non-hydrogen) atoms. The van der Waals surface area contributed by atoms with E-state index in [2.05, 4.69) is 24.3 Å². The zero-order valence-electron chi connectivity index (χ0n) is 19.9. The highest BCUT2D eigenvalue weighted by Crippen LogP contribution is 2.61. The third kappa shape index (κ3) is 2.95. The molecule has 2 aromatic carbocycles. The second-order valence-corrected chi connectivity index (χ2v) is 10.7. The van der Waals surface area contributed by atoms with Crippen molar-refractivity contribution >= 4 is 17.7 Å². The van der Waals surface area contributed by atoms with Crippen molar-refractivity contribution in [2.24, 2.45) is 17.8 Å². The van der Waals surface area contributed by atoms with Crippen LogP contribution in [-0.4, -0.2) is 46.7 Å². The minimum absolute atomic E-state index is 0.0559. The average molecular weight is 457 g/mol. The number of hydrogen-bond acceptors (Lipinski definition) is 3. The minimum Gasteiger partial charge on any atom is -0.341 e. The summed E-state index contributed by atoms with van der Waals surface area (Å²) in [6.07, 6.45) is 4.22. The van der Waals surface area contributed by atoms with Crippen molar-refractivity contribution in [3.63, 3.8) is 0 Å². The third-order valence-electron chi connectivity index (χ3n) is 8.56. The van der Waals surface area contributed by atoms with Gasteiger partial charge in [0.2, 0.25) is 17.7 Å². The van der Waals surface area contributed by atoms with Gasteiger partial charge >= 0.3 is 0 Å². The Labute approximate surface area is 201 Å². The van der Waals surface area contributed by atoms with E-state index in [0.717, 1.165) is 47.9 Å². The monoisotopic (exact) mass is 456 g/mol. The summed E-state index contributed by atoms with van der Waals surface area (Å²) >= 11 is 0. The maximum absolute atomic E-state index is 14.1. The number of carbonyl (C=O) groups excluding carboxylic acids is 3. The molecule has 3 amide bonds. The maximum Gasteiger partial charge on any atom is 0.246 e. The zero-order chi connectivity index (χ0) is 23.6. The van der Waals surface area contributed by atoms with Crippen molar-refractivity contribution < 1.29 is 14.4 Å². The number of nitrogens with zero attached hydrogens (tertiary/aromatic N) is 2. The summed E-state index contributed by atoms with van der Waals surface area (Å²) in [6.45, 7) is 5.35. The average Bonchev–Trinajstić information content (AvgIpc) is 3.03. The molecule has 2 heterocycles. The van der Waals surface area contributed by atoms with Crippen LogP contribution in [0.1, 0.15) is 73.6 Å². The van der Waals surface area contributed by atoms with Crippen molar-refractivity contribution in [2.75, 3.05) is 13.1 Å². The quantitative estimate of drug-likeness (QED) is 0.647. The van der Waals surface area contributed by atoms with Crippen LogP contribution in [0.5, 0.6) is 0 Å². The molecule has 3 atom stereocenters. The highest BCUT2D eigenvalue weighted by molar-refractivity contribution is 6.10. The molecule has 5 heteroatoms. The van der Waals surface area contributed by atoms with Gasteiger partial charge in [0.25, 0.3) is 0 Å². The Balaban J connectivity index is 1.43. The van der Waals surface area contributed by atoms with Crippen LogP contribution in [0.2, 0.25) is 0 Å². The standard InChI is InChI=1S/C29H32N2O3/c1-17(2)26(29(34)30-15-9-3-4-10-16-30)31-27(32)24-22-18-11-5-6-12-19(18)23(25(24)28(31)33)21-14-8-7-13-20(21)22/h5-8,11-14,17,22-26H,3-4,9-10,15-16H2,1-2H3/t22?,23?,24-,25+,26-/m0/s1. The van der Waals surface area contributed by atoms with Crippen LogP contribution in [0.25, 0.3) is 0 Å². The lowest BCUT2D eigenvalue weighted by atomic mass is 9.55. The first-order chi connectivity index (χ1) is 16.5. The number of imide groups is 1. The van der Waals surface area contributed by atoms with Crippen molar-refractivity contribution in [2.45, 2.75) is 57.4 Å². The van der Waals surface area contributed by atoms with Crippen molar-refractivity contribution in [3.8, 4) is 0 Å². The summed E-state index contributed by atoms with van der Waals surface area (Å²) in [5.74, 6) is -1.63. The first-order valence-corrected chi connectivity index (χ1v) is 12.8. The van der Waals surface area contributed by atoms with Crippen LogP contribution in [0.3, 0.4) is 0 Å². The third-order valence-corrected chi connectivity index (χ3v) is 8.56. The molecule has 2 fully saturated rings. The number of hydrogen-bond donors (Lipinski definition) is 0. The molecule has 176 valence electrons. The van der Waals surface area contributed by atoms with Gasteiger partial charge in [-0.15, -0.1) is 0 Å².